The average Bonchev–Trinajstić information content (AvgIpc) is 3.04. The van der Waals surface area contributed by atoms with Crippen molar-refractivity contribution >= 4 is 17.2 Å². The molecule has 16 heavy (non-hydrogen) atoms. The molecule has 2 nitrogen and oxygen atoms in total. The molecule has 2 aromatic rings. The third-order valence-corrected chi connectivity index (χ3v) is 4.51. The lowest BCUT2D eigenvalue weighted by Crippen LogP contribution is -2.07. The number of nitrogens with two attached hydrogens (primary N) is 1. The third-order valence-electron chi connectivity index (χ3n) is 3.32. The van der Waals surface area contributed by atoms with Crippen LogP contribution in [-0.2, 0) is 5.41 Å². The van der Waals surface area contributed by atoms with Crippen molar-refractivity contribution in [3.63, 3.8) is 0 Å². The zero-order valence-corrected chi connectivity index (χ0v) is 10.1. The van der Waals surface area contributed by atoms with Crippen LogP contribution in [0.4, 0.5) is 5.82 Å². The number of aryl methyl sites for hydroxylation is 1. The first-order valence-corrected chi connectivity index (χ1v) is 6.33. The smallest absolute Gasteiger partial charge is 0.137 e. The molecule has 1 fully saturated rings. The second kappa shape index (κ2) is 3.32. The van der Waals surface area contributed by atoms with E-state index in [2.05, 4.69) is 35.3 Å². The van der Waals surface area contributed by atoms with Gasteiger partial charge in [-0.15, -0.1) is 11.3 Å². The van der Waals surface area contributed by atoms with Crippen LogP contribution in [0.1, 0.15) is 28.3 Å². The Labute approximate surface area is 99.1 Å². The normalized spacial score (nSPS) is 17.3. The van der Waals surface area contributed by atoms with Crippen molar-refractivity contribution in [1.82, 2.24) is 4.98 Å². The fraction of sp³-hybridized carbons (Fsp3) is 0.308. The van der Waals surface area contributed by atoms with E-state index in [1.54, 1.807) is 11.3 Å². The quantitative estimate of drug-likeness (QED) is 0.861. The van der Waals surface area contributed by atoms with Crippen molar-refractivity contribution in [2.75, 3.05) is 5.73 Å². The largest absolute Gasteiger partial charge is 0.383 e. The first-order valence-electron chi connectivity index (χ1n) is 5.51. The van der Waals surface area contributed by atoms with E-state index in [-0.39, 0.29) is 5.41 Å². The number of nitrogens with zero attached hydrogens (tertiary/aromatic N) is 1. The first kappa shape index (κ1) is 9.85. The molecule has 3 heteroatoms. The number of rotatable bonds is 2. The molecule has 0 radical (unpaired) electrons. The number of thiazole rings is 1. The highest BCUT2D eigenvalue weighted by atomic mass is 32.1. The lowest BCUT2D eigenvalue weighted by Gasteiger charge is -2.11. The number of hydrogen-bond donors (Lipinski definition) is 1. The molecule has 1 aromatic carbocycles. The number of anilines is 1. The molecule has 0 bridgehead atoms. The predicted octanol–water partition coefficient (Wildman–Crippen LogP) is 3.11. The van der Waals surface area contributed by atoms with E-state index in [1.807, 2.05) is 6.92 Å². The summed E-state index contributed by atoms with van der Waals surface area (Å²) in [6.07, 6.45) is 2.40. The van der Waals surface area contributed by atoms with Crippen LogP contribution in [0, 0.1) is 6.92 Å². The Hall–Kier alpha value is -1.35. The Bertz CT molecular complexity index is 492. The number of aromatic nitrogens is 1. The van der Waals surface area contributed by atoms with Gasteiger partial charge in [-0.1, -0.05) is 30.3 Å². The number of hydrogen-bond acceptors (Lipinski definition) is 3. The minimum Gasteiger partial charge on any atom is -0.383 e. The molecule has 0 unspecified atom stereocenters. The molecule has 0 spiro atoms. The van der Waals surface area contributed by atoms with Crippen LogP contribution < -0.4 is 5.73 Å². The zero-order valence-electron chi connectivity index (χ0n) is 9.23. The Balaban J connectivity index is 2.06. The maximum atomic E-state index is 5.84. The Kier molecular flexibility index (Phi) is 2.04. The van der Waals surface area contributed by atoms with Gasteiger partial charge in [0.1, 0.15) is 10.8 Å². The first-order chi connectivity index (χ1) is 7.72. The molecule has 1 saturated carbocycles. The topological polar surface area (TPSA) is 38.9 Å². The number of benzene rings is 1. The highest BCUT2D eigenvalue weighted by Crippen LogP contribution is 2.54. The minimum atomic E-state index is 0.175. The summed E-state index contributed by atoms with van der Waals surface area (Å²) in [4.78, 5) is 5.65. The fourth-order valence-electron chi connectivity index (χ4n) is 2.12. The van der Waals surface area contributed by atoms with E-state index in [1.165, 1.54) is 23.4 Å². The molecule has 1 aliphatic carbocycles. The van der Waals surface area contributed by atoms with Gasteiger partial charge in [-0.2, -0.15) is 0 Å². The second-order valence-electron chi connectivity index (χ2n) is 4.41. The van der Waals surface area contributed by atoms with Gasteiger partial charge in [0.05, 0.1) is 0 Å². The molecule has 1 aromatic heterocycles. The molecule has 2 N–H and O–H groups in total. The molecule has 82 valence electrons. The molecule has 3 rings (SSSR count). The third kappa shape index (κ3) is 1.35. The molecular formula is C13H14N2S. The predicted molar refractivity (Wildman–Crippen MR) is 67.7 cm³/mol. The van der Waals surface area contributed by atoms with Crippen LogP contribution in [0.2, 0.25) is 0 Å². The molecule has 0 atom stereocenters. The molecular weight excluding hydrogens is 216 g/mol. The van der Waals surface area contributed by atoms with Gasteiger partial charge < -0.3 is 5.73 Å². The maximum absolute atomic E-state index is 5.84. The van der Waals surface area contributed by atoms with Gasteiger partial charge in [0.2, 0.25) is 0 Å². The van der Waals surface area contributed by atoms with E-state index in [0.717, 1.165) is 4.88 Å². The highest BCUT2D eigenvalue weighted by molar-refractivity contribution is 7.12. The lowest BCUT2D eigenvalue weighted by molar-refractivity contribution is 0.835. The zero-order chi connectivity index (χ0) is 11.2. The lowest BCUT2D eigenvalue weighted by atomic mass is 9.97. The summed E-state index contributed by atoms with van der Waals surface area (Å²) in [6, 6.07) is 10.6. The van der Waals surface area contributed by atoms with Crippen molar-refractivity contribution in [2.24, 2.45) is 0 Å². The second-order valence-corrected chi connectivity index (χ2v) is 5.61. The van der Waals surface area contributed by atoms with Gasteiger partial charge in [0.15, 0.2) is 0 Å². The van der Waals surface area contributed by atoms with Gasteiger partial charge in [-0.05, 0) is 25.3 Å². The monoisotopic (exact) mass is 230 g/mol. The van der Waals surface area contributed by atoms with Gasteiger partial charge >= 0.3 is 0 Å². The molecule has 1 aliphatic rings. The van der Waals surface area contributed by atoms with Gasteiger partial charge in [0.25, 0.3) is 0 Å². The molecule has 0 saturated heterocycles. The summed E-state index contributed by atoms with van der Waals surface area (Å²) in [6.45, 7) is 2.04. The highest BCUT2D eigenvalue weighted by Gasteiger charge is 2.48. The molecule has 1 heterocycles. The van der Waals surface area contributed by atoms with E-state index in [9.17, 15) is 0 Å². The maximum Gasteiger partial charge on any atom is 0.137 e. The van der Waals surface area contributed by atoms with E-state index >= 15 is 0 Å². The van der Waals surface area contributed by atoms with Crippen molar-refractivity contribution in [1.29, 1.82) is 0 Å². The molecule has 0 aliphatic heterocycles. The van der Waals surface area contributed by atoms with Gasteiger partial charge in [-0.25, -0.2) is 4.98 Å². The van der Waals surface area contributed by atoms with E-state index < -0.39 is 0 Å². The van der Waals surface area contributed by atoms with Crippen molar-refractivity contribution in [2.45, 2.75) is 25.2 Å². The van der Waals surface area contributed by atoms with Crippen LogP contribution in [0.5, 0.6) is 0 Å². The Morgan fingerprint density at radius 2 is 1.94 bits per heavy atom. The van der Waals surface area contributed by atoms with Crippen molar-refractivity contribution in [3.05, 3.63) is 45.8 Å². The van der Waals surface area contributed by atoms with Crippen LogP contribution in [0.25, 0.3) is 0 Å². The minimum absolute atomic E-state index is 0.175. The Morgan fingerprint density at radius 1 is 1.25 bits per heavy atom. The van der Waals surface area contributed by atoms with Crippen LogP contribution >= 0.6 is 11.3 Å². The van der Waals surface area contributed by atoms with Crippen molar-refractivity contribution in [3.8, 4) is 0 Å². The summed E-state index contributed by atoms with van der Waals surface area (Å²) in [5, 5.41) is 1.19. The number of nitrogen functional groups attached to an aromatic ring is 1. The average molecular weight is 230 g/mol. The standard InChI is InChI=1S/C13H14N2S/c1-9-11(14)15-12(16-9)13(7-8-13)10-5-3-2-4-6-10/h2-6H,7-8,14H2,1H3. The summed E-state index contributed by atoms with van der Waals surface area (Å²) in [7, 11) is 0. The van der Waals surface area contributed by atoms with Crippen LogP contribution in [-0.4, -0.2) is 4.98 Å². The molecule has 0 amide bonds. The summed E-state index contributed by atoms with van der Waals surface area (Å²) < 4.78 is 0. The van der Waals surface area contributed by atoms with E-state index in [4.69, 9.17) is 5.73 Å². The Morgan fingerprint density at radius 3 is 2.44 bits per heavy atom. The van der Waals surface area contributed by atoms with Crippen molar-refractivity contribution < 1.29 is 0 Å². The van der Waals surface area contributed by atoms with E-state index in [0.29, 0.717) is 5.82 Å². The van der Waals surface area contributed by atoms with Crippen LogP contribution in [0.15, 0.2) is 30.3 Å². The fourth-order valence-corrected chi connectivity index (χ4v) is 3.22. The summed E-state index contributed by atoms with van der Waals surface area (Å²) in [5.41, 5.74) is 7.40. The van der Waals surface area contributed by atoms with Gasteiger partial charge in [-0.3, -0.25) is 0 Å². The van der Waals surface area contributed by atoms with Gasteiger partial charge in [0, 0.05) is 10.3 Å². The summed E-state index contributed by atoms with van der Waals surface area (Å²) >= 11 is 1.74. The van der Waals surface area contributed by atoms with Crippen LogP contribution in [0.3, 0.4) is 0 Å². The summed E-state index contributed by atoms with van der Waals surface area (Å²) in [5.74, 6) is 0.696. The SMILES string of the molecule is Cc1sc(C2(c3ccccc3)CC2)nc1N.